The summed E-state index contributed by atoms with van der Waals surface area (Å²) in [5.74, 6) is 0. The lowest BCUT2D eigenvalue weighted by molar-refractivity contribution is -0.0531. The average Bonchev–Trinajstić information content (AvgIpc) is 2.18. The van der Waals surface area contributed by atoms with Crippen LogP contribution in [0.1, 0.15) is 52.9 Å². The molecule has 3 atom stereocenters. The van der Waals surface area contributed by atoms with Gasteiger partial charge in [0.25, 0.3) is 0 Å². The monoisotopic (exact) mass is 199 g/mol. The summed E-state index contributed by atoms with van der Waals surface area (Å²) < 4.78 is 5.92. The molecule has 0 bridgehead atoms. The molecule has 0 aromatic heterocycles. The Balaban J connectivity index is 2.07. The van der Waals surface area contributed by atoms with Crippen LogP contribution < -0.4 is 5.32 Å². The van der Waals surface area contributed by atoms with Crippen LogP contribution in [0.2, 0.25) is 0 Å². The fourth-order valence-corrected chi connectivity index (χ4v) is 1.92. The van der Waals surface area contributed by atoms with Crippen LogP contribution in [0.5, 0.6) is 0 Å². The van der Waals surface area contributed by atoms with Gasteiger partial charge in [-0.1, -0.05) is 32.6 Å². The van der Waals surface area contributed by atoms with Crippen molar-refractivity contribution in [3.8, 4) is 0 Å². The molecule has 0 spiro atoms. The number of unbranched alkanes of at least 4 members (excludes halogenated alkanes) is 3. The fraction of sp³-hybridized carbons (Fsp3) is 1.00. The molecule has 0 aliphatic carbocycles. The van der Waals surface area contributed by atoms with Crippen LogP contribution in [0, 0.1) is 0 Å². The maximum absolute atomic E-state index is 5.92. The predicted octanol–water partition coefficient (Wildman–Crippen LogP) is 2.72. The molecule has 0 radical (unpaired) electrons. The van der Waals surface area contributed by atoms with Crippen molar-refractivity contribution < 1.29 is 4.74 Å². The molecule has 1 heterocycles. The third-order valence-corrected chi connectivity index (χ3v) is 3.16. The van der Waals surface area contributed by atoms with Crippen LogP contribution in [-0.4, -0.2) is 24.8 Å². The zero-order chi connectivity index (χ0) is 10.4. The molecule has 1 saturated heterocycles. The topological polar surface area (TPSA) is 21.3 Å². The van der Waals surface area contributed by atoms with Gasteiger partial charge in [-0.3, -0.25) is 0 Å². The van der Waals surface area contributed by atoms with Gasteiger partial charge in [0.05, 0.1) is 12.2 Å². The van der Waals surface area contributed by atoms with Gasteiger partial charge in [0.1, 0.15) is 0 Å². The first-order valence-electron chi connectivity index (χ1n) is 6.13. The molecular weight excluding hydrogens is 174 g/mol. The molecule has 2 nitrogen and oxygen atoms in total. The zero-order valence-electron chi connectivity index (χ0n) is 9.88. The molecule has 0 amide bonds. The van der Waals surface area contributed by atoms with Gasteiger partial charge < -0.3 is 10.1 Å². The summed E-state index contributed by atoms with van der Waals surface area (Å²) in [7, 11) is 0. The predicted molar refractivity (Wildman–Crippen MR) is 60.6 cm³/mol. The Labute approximate surface area is 88.4 Å². The SMILES string of the molecule is CCCCCCC1CNC(C)C(C)O1. The van der Waals surface area contributed by atoms with Crippen molar-refractivity contribution >= 4 is 0 Å². The number of hydrogen-bond acceptors (Lipinski definition) is 2. The molecule has 1 N–H and O–H groups in total. The highest BCUT2D eigenvalue weighted by Crippen LogP contribution is 2.14. The lowest BCUT2D eigenvalue weighted by atomic mass is 10.1. The Morgan fingerprint density at radius 2 is 2.00 bits per heavy atom. The molecular formula is C12H25NO. The normalized spacial score (nSPS) is 33.2. The van der Waals surface area contributed by atoms with Gasteiger partial charge in [-0.05, 0) is 20.3 Å². The molecule has 2 heteroatoms. The van der Waals surface area contributed by atoms with Gasteiger partial charge in [-0.15, -0.1) is 0 Å². The van der Waals surface area contributed by atoms with Crippen LogP contribution in [0.3, 0.4) is 0 Å². The van der Waals surface area contributed by atoms with Crippen LogP contribution in [-0.2, 0) is 4.74 Å². The molecule has 1 rings (SSSR count). The van der Waals surface area contributed by atoms with E-state index in [4.69, 9.17) is 4.74 Å². The van der Waals surface area contributed by atoms with E-state index in [-0.39, 0.29) is 0 Å². The summed E-state index contributed by atoms with van der Waals surface area (Å²) in [6, 6.07) is 0.516. The van der Waals surface area contributed by atoms with Gasteiger partial charge in [0.2, 0.25) is 0 Å². The van der Waals surface area contributed by atoms with Crippen LogP contribution >= 0.6 is 0 Å². The van der Waals surface area contributed by atoms with Crippen LogP contribution in [0.15, 0.2) is 0 Å². The number of nitrogens with one attached hydrogen (secondary N) is 1. The smallest absolute Gasteiger partial charge is 0.0704 e. The van der Waals surface area contributed by atoms with Crippen molar-refractivity contribution in [3.05, 3.63) is 0 Å². The molecule has 0 aromatic carbocycles. The van der Waals surface area contributed by atoms with Crippen molar-refractivity contribution in [2.45, 2.75) is 71.1 Å². The lowest BCUT2D eigenvalue weighted by Crippen LogP contribution is -2.49. The number of ether oxygens (including phenoxy) is 1. The van der Waals surface area contributed by atoms with Crippen LogP contribution in [0.25, 0.3) is 0 Å². The van der Waals surface area contributed by atoms with E-state index in [9.17, 15) is 0 Å². The summed E-state index contributed by atoms with van der Waals surface area (Å²) in [6.45, 7) is 7.65. The van der Waals surface area contributed by atoms with Crippen molar-refractivity contribution in [3.63, 3.8) is 0 Å². The standard InChI is InChI=1S/C12H25NO/c1-4-5-6-7-8-12-9-13-10(2)11(3)14-12/h10-13H,4-9H2,1-3H3. The molecule has 0 aromatic rings. The maximum Gasteiger partial charge on any atom is 0.0704 e. The minimum atomic E-state index is 0.375. The highest BCUT2D eigenvalue weighted by molar-refractivity contribution is 4.78. The van der Waals surface area contributed by atoms with Crippen molar-refractivity contribution in [1.82, 2.24) is 5.32 Å². The minimum absolute atomic E-state index is 0.375. The van der Waals surface area contributed by atoms with E-state index < -0.39 is 0 Å². The van der Waals surface area contributed by atoms with E-state index in [1.807, 2.05) is 0 Å². The lowest BCUT2D eigenvalue weighted by Gasteiger charge is -2.34. The summed E-state index contributed by atoms with van der Waals surface area (Å²) >= 11 is 0. The maximum atomic E-state index is 5.92. The Morgan fingerprint density at radius 1 is 1.21 bits per heavy atom. The minimum Gasteiger partial charge on any atom is -0.372 e. The van der Waals surface area contributed by atoms with E-state index in [2.05, 4.69) is 26.1 Å². The number of morpholine rings is 1. The molecule has 1 aliphatic heterocycles. The second kappa shape index (κ2) is 6.41. The average molecular weight is 199 g/mol. The molecule has 1 fully saturated rings. The first-order chi connectivity index (χ1) is 6.74. The number of hydrogen-bond donors (Lipinski definition) is 1. The first kappa shape index (κ1) is 12.0. The van der Waals surface area contributed by atoms with E-state index in [1.54, 1.807) is 0 Å². The van der Waals surface area contributed by atoms with Gasteiger partial charge in [-0.25, -0.2) is 0 Å². The summed E-state index contributed by atoms with van der Waals surface area (Å²) in [6.07, 6.45) is 7.42. The van der Waals surface area contributed by atoms with Gasteiger partial charge >= 0.3 is 0 Å². The van der Waals surface area contributed by atoms with E-state index in [0.29, 0.717) is 18.2 Å². The summed E-state index contributed by atoms with van der Waals surface area (Å²) in [5.41, 5.74) is 0. The van der Waals surface area contributed by atoms with Crippen LogP contribution in [0.4, 0.5) is 0 Å². The quantitative estimate of drug-likeness (QED) is 0.687. The molecule has 1 aliphatic rings. The van der Waals surface area contributed by atoms with E-state index in [0.717, 1.165) is 6.54 Å². The zero-order valence-corrected chi connectivity index (χ0v) is 9.88. The van der Waals surface area contributed by atoms with Gasteiger partial charge in [0.15, 0.2) is 0 Å². The van der Waals surface area contributed by atoms with Crippen molar-refractivity contribution in [2.24, 2.45) is 0 Å². The van der Waals surface area contributed by atoms with E-state index >= 15 is 0 Å². The fourth-order valence-electron chi connectivity index (χ4n) is 1.92. The summed E-state index contributed by atoms with van der Waals surface area (Å²) in [4.78, 5) is 0. The second-order valence-corrected chi connectivity index (χ2v) is 4.51. The Kier molecular flexibility index (Phi) is 5.49. The summed E-state index contributed by atoms with van der Waals surface area (Å²) in [5, 5.41) is 3.50. The Bertz CT molecular complexity index is 149. The Hall–Kier alpha value is -0.0800. The molecule has 0 saturated carbocycles. The Morgan fingerprint density at radius 3 is 2.64 bits per heavy atom. The molecule has 84 valence electrons. The van der Waals surface area contributed by atoms with Crippen molar-refractivity contribution in [2.75, 3.05) is 6.54 Å². The first-order valence-corrected chi connectivity index (χ1v) is 6.13. The van der Waals surface area contributed by atoms with Gasteiger partial charge in [-0.2, -0.15) is 0 Å². The highest BCUT2D eigenvalue weighted by atomic mass is 16.5. The third kappa shape index (κ3) is 3.97. The highest BCUT2D eigenvalue weighted by Gasteiger charge is 2.23. The van der Waals surface area contributed by atoms with Crippen molar-refractivity contribution in [1.29, 1.82) is 0 Å². The largest absolute Gasteiger partial charge is 0.372 e. The molecule has 14 heavy (non-hydrogen) atoms. The number of rotatable bonds is 5. The van der Waals surface area contributed by atoms with Gasteiger partial charge in [0, 0.05) is 12.6 Å². The second-order valence-electron chi connectivity index (χ2n) is 4.51. The van der Waals surface area contributed by atoms with E-state index in [1.165, 1.54) is 32.1 Å². The third-order valence-electron chi connectivity index (χ3n) is 3.16. The molecule has 3 unspecified atom stereocenters.